The third-order valence-electron chi connectivity index (χ3n) is 3.73. The Bertz CT molecular complexity index is 478. The molecule has 20 heavy (non-hydrogen) atoms. The van der Waals surface area contributed by atoms with Crippen molar-refractivity contribution in [2.45, 2.75) is 40.7 Å². The van der Waals surface area contributed by atoms with Gasteiger partial charge in [0, 0.05) is 18.8 Å². The van der Waals surface area contributed by atoms with Gasteiger partial charge in [-0.1, -0.05) is 20.8 Å². The predicted octanol–water partition coefficient (Wildman–Crippen LogP) is 3.32. The van der Waals surface area contributed by atoms with Crippen LogP contribution < -0.4 is 10.6 Å². The third kappa shape index (κ3) is 3.65. The number of nitrogens with zero attached hydrogens (tertiary/aromatic N) is 1. The van der Waals surface area contributed by atoms with Crippen LogP contribution in [0.15, 0.2) is 18.2 Å². The van der Waals surface area contributed by atoms with Gasteiger partial charge in [0.15, 0.2) is 0 Å². The van der Waals surface area contributed by atoms with E-state index in [2.05, 4.69) is 32.6 Å². The van der Waals surface area contributed by atoms with Gasteiger partial charge in [0.25, 0.3) is 0 Å². The first-order chi connectivity index (χ1) is 9.18. The summed E-state index contributed by atoms with van der Waals surface area (Å²) in [6.45, 7) is 10.8. The molecule has 1 rings (SSSR count). The maximum absolute atomic E-state index is 12.1. The van der Waals surface area contributed by atoms with Gasteiger partial charge in [0.05, 0.1) is 17.9 Å². The van der Waals surface area contributed by atoms with E-state index in [4.69, 9.17) is 10.5 Å². The Hall–Kier alpha value is -1.71. The van der Waals surface area contributed by atoms with Crippen LogP contribution >= 0.6 is 0 Å². The van der Waals surface area contributed by atoms with Crippen molar-refractivity contribution in [3.05, 3.63) is 23.8 Å². The van der Waals surface area contributed by atoms with Crippen molar-refractivity contribution in [3.63, 3.8) is 0 Å². The number of nitrogens with two attached hydrogens (primary N) is 1. The molecule has 2 N–H and O–H groups in total. The second-order valence-electron chi connectivity index (χ2n) is 6.15. The molecule has 0 aliphatic heterocycles. The zero-order valence-electron chi connectivity index (χ0n) is 13.4. The van der Waals surface area contributed by atoms with E-state index >= 15 is 0 Å². The summed E-state index contributed by atoms with van der Waals surface area (Å²) in [5, 5.41) is 0. The van der Waals surface area contributed by atoms with E-state index in [1.807, 2.05) is 19.2 Å². The molecule has 0 heterocycles. The average molecular weight is 278 g/mol. The third-order valence-corrected chi connectivity index (χ3v) is 3.73. The highest BCUT2D eigenvalue weighted by atomic mass is 16.5. The lowest BCUT2D eigenvalue weighted by molar-refractivity contribution is 0.0527. The summed E-state index contributed by atoms with van der Waals surface area (Å²) in [7, 11) is 1.99. The van der Waals surface area contributed by atoms with E-state index in [0.29, 0.717) is 17.9 Å². The van der Waals surface area contributed by atoms with E-state index in [-0.39, 0.29) is 17.4 Å². The van der Waals surface area contributed by atoms with E-state index in [1.54, 1.807) is 13.0 Å². The van der Waals surface area contributed by atoms with Crippen LogP contribution in [0.5, 0.6) is 0 Å². The number of hydrogen-bond donors (Lipinski definition) is 1. The van der Waals surface area contributed by atoms with Gasteiger partial charge < -0.3 is 15.4 Å². The number of nitrogen functional groups attached to an aromatic ring is 1. The van der Waals surface area contributed by atoms with Crippen molar-refractivity contribution in [3.8, 4) is 0 Å². The predicted molar refractivity (Wildman–Crippen MR) is 84.1 cm³/mol. The average Bonchev–Trinajstić information content (AvgIpc) is 2.36. The fraction of sp³-hybridized carbons (Fsp3) is 0.562. The van der Waals surface area contributed by atoms with E-state index in [9.17, 15) is 4.79 Å². The fourth-order valence-corrected chi connectivity index (χ4v) is 2.02. The second-order valence-corrected chi connectivity index (χ2v) is 6.15. The zero-order valence-corrected chi connectivity index (χ0v) is 13.4. The molecule has 112 valence electrons. The van der Waals surface area contributed by atoms with Gasteiger partial charge in [0.1, 0.15) is 0 Å². The Kier molecular flexibility index (Phi) is 5.03. The van der Waals surface area contributed by atoms with Crippen molar-refractivity contribution in [1.29, 1.82) is 0 Å². The van der Waals surface area contributed by atoms with Crippen LogP contribution in [0.3, 0.4) is 0 Å². The molecule has 0 saturated heterocycles. The van der Waals surface area contributed by atoms with Gasteiger partial charge in [-0.15, -0.1) is 0 Å². The minimum Gasteiger partial charge on any atom is -0.462 e. The first kappa shape index (κ1) is 16.3. The Morgan fingerprint density at radius 2 is 2.00 bits per heavy atom. The van der Waals surface area contributed by atoms with Crippen LogP contribution in [-0.4, -0.2) is 25.7 Å². The highest BCUT2D eigenvalue weighted by molar-refractivity contribution is 5.97. The fourth-order valence-electron chi connectivity index (χ4n) is 2.02. The molecule has 0 aromatic heterocycles. The van der Waals surface area contributed by atoms with Gasteiger partial charge in [-0.25, -0.2) is 4.79 Å². The van der Waals surface area contributed by atoms with E-state index in [0.717, 1.165) is 5.69 Å². The molecule has 4 heteroatoms. The first-order valence-electron chi connectivity index (χ1n) is 6.98. The normalized spacial score (nSPS) is 12.9. The lowest BCUT2D eigenvalue weighted by Gasteiger charge is -2.37. The van der Waals surface area contributed by atoms with Gasteiger partial charge >= 0.3 is 5.97 Å². The SMILES string of the molecule is CCOC(=O)c1cc(N)ccc1N(C)C(C)C(C)(C)C. The zero-order chi connectivity index (χ0) is 15.5. The summed E-state index contributed by atoms with van der Waals surface area (Å²) in [5.74, 6) is -0.331. The van der Waals surface area contributed by atoms with Gasteiger partial charge in [-0.2, -0.15) is 0 Å². The number of carbonyl (C=O) groups excluding carboxylic acids is 1. The molecule has 0 saturated carbocycles. The standard InChI is InChI=1S/C16H26N2O2/c1-7-20-15(19)13-10-12(17)8-9-14(13)18(6)11(2)16(3,4)5/h8-11H,7,17H2,1-6H3. The maximum atomic E-state index is 12.1. The summed E-state index contributed by atoms with van der Waals surface area (Å²) in [5.41, 5.74) is 7.83. The molecule has 0 radical (unpaired) electrons. The number of ether oxygens (including phenoxy) is 1. The van der Waals surface area contributed by atoms with Crippen molar-refractivity contribution >= 4 is 17.3 Å². The molecular formula is C16H26N2O2. The molecule has 1 aromatic carbocycles. The summed E-state index contributed by atoms with van der Waals surface area (Å²) in [6.07, 6.45) is 0. The number of hydrogen-bond acceptors (Lipinski definition) is 4. The number of benzene rings is 1. The lowest BCUT2D eigenvalue weighted by atomic mass is 9.86. The van der Waals surface area contributed by atoms with Crippen LogP contribution in [0.4, 0.5) is 11.4 Å². The molecule has 0 aliphatic rings. The van der Waals surface area contributed by atoms with Crippen molar-refractivity contribution in [2.24, 2.45) is 5.41 Å². The van der Waals surface area contributed by atoms with Crippen molar-refractivity contribution < 1.29 is 9.53 Å². The van der Waals surface area contributed by atoms with Gasteiger partial charge in [-0.05, 0) is 37.5 Å². The molecular weight excluding hydrogens is 252 g/mol. The summed E-state index contributed by atoms with van der Waals surface area (Å²) in [4.78, 5) is 14.2. The monoisotopic (exact) mass is 278 g/mol. The summed E-state index contributed by atoms with van der Waals surface area (Å²) >= 11 is 0. The molecule has 0 bridgehead atoms. The highest BCUT2D eigenvalue weighted by Gasteiger charge is 2.27. The molecule has 0 aliphatic carbocycles. The van der Waals surface area contributed by atoms with Crippen LogP contribution in [-0.2, 0) is 4.74 Å². The Morgan fingerprint density at radius 3 is 2.50 bits per heavy atom. The first-order valence-corrected chi connectivity index (χ1v) is 6.98. The van der Waals surface area contributed by atoms with E-state index < -0.39 is 0 Å². The summed E-state index contributed by atoms with van der Waals surface area (Å²) in [6, 6.07) is 5.63. The molecule has 1 aromatic rings. The molecule has 1 atom stereocenters. The maximum Gasteiger partial charge on any atom is 0.340 e. The second kappa shape index (κ2) is 6.16. The lowest BCUT2D eigenvalue weighted by Crippen LogP contribution is -2.40. The van der Waals surface area contributed by atoms with Crippen molar-refractivity contribution in [2.75, 3.05) is 24.3 Å². The van der Waals surface area contributed by atoms with Crippen LogP contribution in [0.2, 0.25) is 0 Å². The van der Waals surface area contributed by atoms with Crippen LogP contribution in [0.25, 0.3) is 0 Å². The van der Waals surface area contributed by atoms with Crippen LogP contribution in [0, 0.1) is 5.41 Å². The quantitative estimate of drug-likeness (QED) is 0.678. The van der Waals surface area contributed by atoms with Gasteiger partial charge in [-0.3, -0.25) is 0 Å². The molecule has 0 fully saturated rings. The minimum absolute atomic E-state index is 0.0993. The highest BCUT2D eigenvalue weighted by Crippen LogP contribution is 2.30. The molecule has 1 unspecified atom stereocenters. The molecule has 0 amide bonds. The number of esters is 1. The number of rotatable bonds is 4. The Morgan fingerprint density at radius 1 is 1.40 bits per heavy atom. The topological polar surface area (TPSA) is 55.6 Å². The molecule has 4 nitrogen and oxygen atoms in total. The summed E-state index contributed by atoms with van der Waals surface area (Å²) < 4.78 is 5.12. The van der Waals surface area contributed by atoms with E-state index in [1.165, 1.54) is 0 Å². The Balaban J connectivity index is 3.20. The minimum atomic E-state index is -0.331. The Labute approximate surface area is 121 Å². The van der Waals surface area contributed by atoms with Crippen molar-refractivity contribution in [1.82, 2.24) is 0 Å². The molecule has 0 spiro atoms. The smallest absolute Gasteiger partial charge is 0.340 e. The largest absolute Gasteiger partial charge is 0.462 e. The van der Waals surface area contributed by atoms with Gasteiger partial charge in [0.2, 0.25) is 0 Å². The number of anilines is 2. The van der Waals surface area contributed by atoms with Crippen LogP contribution in [0.1, 0.15) is 45.0 Å². The number of carbonyl (C=O) groups is 1.